The van der Waals surface area contributed by atoms with Gasteiger partial charge in [0, 0.05) is 44.5 Å². The number of esters is 1. The highest BCUT2D eigenvalue weighted by Crippen LogP contribution is 2.32. The summed E-state index contributed by atoms with van der Waals surface area (Å²) in [5, 5.41) is 13.6. The van der Waals surface area contributed by atoms with Crippen LogP contribution in [0.2, 0.25) is 0 Å². The van der Waals surface area contributed by atoms with Crippen LogP contribution in [0, 0.1) is 6.92 Å². The molecule has 1 unspecified atom stereocenters. The smallest absolute Gasteiger partial charge is 0.350 e. The van der Waals surface area contributed by atoms with Crippen molar-refractivity contribution in [2.24, 2.45) is 0 Å². The number of carbonyl (C=O) groups excluding carboxylic acids is 1. The maximum absolute atomic E-state index is 12.4. The number of aromatic nitrogens is 3. The molecule has 10 nitrogen and oxygen atoms in total. The molecule has 1 saturated heterocycles. The number of aliphatic hydroxyl groups is 1. The Morgan fingerprint density at radius 1 is 1.26 bits per heavy atom. The highest BCUT2D eigenvalue weighted by molar-refractivity contribution is 7.17. The number of aryl methyl sites for hydroxylation is 1. The summed E-state index contributed by atoms with van der Waals surface area (Å²) in [6.07, 6.45) is 1.20. The molecular weight excluding hydrogens is 506 g/mol. The second kappa shape index (κ2) is 13.1. The third-order valence-electron chi connectivity index (χ3n) is 6.26. The number of hydrogen-bond acceptors (Lipinski definition) is 11. The zero-order valence-corrected chi connectivity index (χ0v) is 23.1. The highest BCUT2D eigenvalue weighted by Gasteiger charge is 2.23. The third-order valence-corrected chi connectivity index (χ3v) is 7.42. The Kier molecular flexibility index (Phi) is 9.62. The van der Waals surface area contributed by atoms with Crippen LogP contribution in [0.25, 0.3) is 22.1 Å². The monoisotopic (exact) mass is 541 g/mol. The number of carbonyl (C=O) groups is 1. The zero-order chi connectivity index (χ0) is 27.1. The molecule has 1 aliphatic rings. The number of benzene rings is 1. The fourth-order valence-electron chi connectivity index (χ4n) is 4.22. The van der Waals surface area contributed by atoms with Crippen molar-refractivity contribution < 1.29 is 24.1 Å². The van der Waals surface area contributed by atoms with Crippen molar-refractivity contribution in [1.82, 2.24) is 20.3 Å². The summed E-state index contributed by atoms with van der Waals surface area (Å²) < 4.78 is 16.6. The topological polar surface area (TPSA) is 119 Å². The lowest BCUT2D eigenvalue weighted by molar-refractivity contribution is 0.0531. The zero-order valence-electron chi connectivity index (χ0n) is 22.3. The normalized spacial score (nSPS) is 14.8. The molecule has 1 fully saturated rings. The molecule has 0 amide bonds. The minimum absolute atomic E-state index is 0.165. The average molecular weight is 542 g/mol. The van der Waals surface area contributed by atoms with E-state index < -0.39 is 6.10 Å². The van der Waals surface area contributed by atoms with Gasteiger partial charge >= 0.3 is 5.97 Å². The molecule has 2 N–H and O–H groups in total. The second-order valence-corrected chi connectivity index (χ2v) is 10.1. The van der Waals surface area contributed by atoms with Crippen LogP contribution in [0.5, 0.6) is 5.75 Å². The van der Waals surface area contributed by atoms with Gasteiger partial charge < -0.3 is 29.5 Å². The fraction of sp³-hybridized carbons (Fsp3) is 0.481. The van der Waals surface area contributed by atoms with Crippen LogP contribution < -0.4 is 15.0 Å². The van der Waals surface area contributed by atoms with Crippen LogP contribution in [-0.2, 0) is 9.47 Å². The van der Waals surface area contributed by atoms with E-state index in [9.17, 15) is 9.90 Å². The predicted molar refractivity (Wildman–Crippen MR) is 147 cm³/mol. The Bertz CT molecular complexity index is 1230. The molecule has 0 bridgehead atoms. The van der Waals surface area contributed by atoms with E-state index in [4.69, 9.17) is 24.2 Å². The number of aliphatic hydroxyl groups excluding tert-OH is 1. The summed E-state index contributed by atoms with van der Waals surface area (Å²) in [7, 11) is 3.81. The first kappa shape index (κ1) is 27.9. The second-order valence-electron chi connectivity index (χ2n) is 9.09. The number of ether oxygens (including phenoxy) is 3. The molecule has 2 aromatic heterocycles. The average Bonchev–Trinajstić information content (AvgIpc) is 3.34. The van der Waals surface area contributed by atoms with Crippen LogP contribution in [0.1, 0.15) is 35.1 Å². The van der Waals surface area contributed by atoms with Crippen LogP contribution in [-0.4, -0.2) is 85.2 Å². The number of likely N-dealkylation sites (N-methyl/N-ethyl adjacent to an activating group) is 1. The molecular formula is C27H35N5O5S. The predicted octanol–water partition coefficient (Wildman–Crippen LogP) is 3.33. The Balaban J connectivity index is 1.71. The van der Waals surface area contributed by atoms with E-state index >= 15 is 0 Å². The Hall–Kier alpha value is -3.12. The Morgan fingerprint density at radius 3 is 2.79 bits per heavy atom. The summed E-state index contributed by atoms with van der Waals surface area (Å²) >= 11 is 1.27. The van der Waals surface area contributed by atoms with Gasteiger partial charge in [-0.3, -0.25) is 0 Å². The van der Waals surface area contributed by atoms with Gasteiger partial charge in [0.15, 0.2) is 5.82 Å². The van der Waals surface area contributed by atoms with E-state index in [-0.39, 0.29) is 18.6 Å². The first-order valence-electron chi connectivity index (χ1n) is 12.8. The summed E-state index contributed by atoms with van der Waals surface area (Å²) in [4.78, 5) is 29.5. The molecule has 1 aliphatic heterocycles. The molecule has 3 heterocycles. The van der Waals surface area contributed by atoms with Crippen molar-refractivity contribution in [3.63, 3.8) is 0 Å². The quantitative estimate of drug-likeness (QED) is 0.350. The van der Waals surface area contributed by atoms with Gasteiger partial charge in [-0.2, -0.15) is 0 Å². The van der Waals surface area contributed by atoms with Crippen molar-refractivity contribution in [1.29, 1.82) is 0 Å². The van der Waals surface area contributed by atoms with E-state index in [2.05, 4.69) is 15.2 Å². The van der Waals surface area contributed by atoms with Crippen LogP contribution in [0.15, 0.2) is 30.3 Å². The number of hydrogen-bond donors (Lipinski definition) is 2. The van der Waals surface area contributed by atoms with E-state index in [0.717, 1.165) is 24.2 Å². The molecule has 4 rings (SSSR count). The number of rotatable bonds is 11. The molecule has 3 aromatic rings. The van der Waals surface area contributed by atoms with Crippen molar-refractivity contribution in [2.75, 3.05) is 52.0 Å². The van der Waals surface area contributed by atoms with Gasteiger partial charge in [0.05, 0.1) is 12.3 Å². The van der Waals surface area contributed by atoms with Gasteiger partial charge in [-0.1, -0.05) is 12.1 Å². The van der Waals surface area contributed by atoms with Gasteiger partial charge in [-0.25, -0.2) is 19.7 Å². The third kappa shape index (κ3) is 6.84. The lowest BCUT2D eigenvalue weighted by Crippen LogP contribution is -2.37. The molecule has 0 aliphatic carbocycles. The largest absolute Gasteiger partial charge is 0.491 e. The molecule has 0 saturated carbocycles. The minimum atomic E-state index is -0.621. The molecule has 38 heavy (non-hydrogen) atoms. The van der Waals surface area contributed by atoms with Crippen molar-refractivity contribution >= 4 is 23.1 Å². The standard InChI is InChI=1S/C27H35N5O5S/c1-5-36-27(34)24-17(2)29-26(38-24)22-14-23(32(4)19-9-11-35-12-10-19)31-25(30-22)18-7-6-8-21(13-18)37-16-20(33)15-28-3/h6-8,13-14,19-20,28,33H,5,9-12,15-16H2,1-4H3. The first-order valence-corrected chi connectivity index (χ1v) is 13.6. The van der Waals surface area contributed by atoms with E-state index in [1.807, 2.05) is 37.4 Å². The van der Waals surface area contributed by atoms with Crippen LogP contribution >= 0.6 is 11.3 Å². The maximum Gasteiger partial charge on any atom is 0.350 e. The number of nitrogens with one attached hydrogen (secondary N) is 1. The Morgan fingerprint density at radius 2 is 2.05 bits per heavy atom. The van der Waals surface area contributed by atoms with E-state index in [1.54, 1.807) is 20.9 Å². The number of nitrogens with zero attached hydrogens (tertiary/aromatic N) is 4. The molecule has 0 spiro atoms. The first-order chi connectivity index (χ1) is 18.4. The SMILES string of the molecule is CCOC(=O)c1sc(-c2cc(N(C)C3CCOCC3)nc(-c3cccc(OCC(O)CNC)c3)n2)nc1C. The number of thiazole rings is 1. The lowest BCUT2D eigenvalue weighted by Gasteiger charge is -2.32. The lowest BCUT2D eigenvalue weighted by atomic mass is 10.1. The van der Waals surface area contributed by atoms with Gasteiger partial charge in [0.25, 0.3) is 0 Å². The molecule has 204 valence electrons. The van der Waals surface area contributed by atoms with E-state index in [1.165, 1.54) is 11.3 Å². The molecule has 1 aromatic carbocycles. The summed E-state index contributed by atoms with van der Waals surface area (Å²) in [6, 6.07) is 9.70. The van der Waals surface area contributed by atoms with Crippen LogP contribution in [0.3, 0.4) is 0 Å². The van der Waals surface area contributed by atoms with Gasteiger partial charge in [-0.05, 0) is 45.9 Å². The molecule has 11 heteroatoms. The van der Waals surface area contributed by atoms with Gasteiger partial charge in [-0.15, -0.1) is 11.3 Å². The fourth-order valence-corrected chi connectivity index (χ4v) is 5.14. The summed E-state index contributed by atoms with van der Waals surface area (Å²) in [5.41, 5.74) is 2.01. The maximum atomic E-state index is 12.4. The van der Waals surface area contributed by atoms with Gasteiger partial charge in [0.2, 0.25) is 0 Å². The highest BCUT2D eigenvalue weighted by atomic mass is 32.1. The molecule has 1 atom stereocenters. The minimum Gasteiger partial charge on any atom is -0.491 e. The van der Waals surface area contributed by atoms with Crippen molar-refractivity contribution in [3.8, 4) is 27.8 Å². The van der Waals surface area contributed by atoms with E-state index in [0.29, 0.717) is 59.2 Å². The van der Waals surface area contributed by atoms with Gasteiger partial charge in [0.1, 0.15) is 39.9 Å². The Labute approximate surface area is 227 Å². The summed E-state index contributed by atoms with van der Waals surface area (Å²) in [6.45, 7) is 5.91. The van der Waals surface area contributed by atoms with Crippen molar-refractivity contribution in [3.05, 3.63) is 40.9 Å². The van der Waals surface area contributed by atoms with Crippen LogP contribution in [0.4, 0.5) is 5.82 Å². The molecule has 0 radical (unpaired) electrons. The van der Waals surface area contributed by atoms with Crippen molar-refractivity contribution in [2.45, 2.75) is 38.8 Å². The number of anilines is 1. The summed E-state index contributed by atoms with van der Waals surface area (Å²) in [5.74, 6) is 1.51.